The zero-order valence-corrected chi connectivity index (χ0v) is 15.6. The Morgan fingerprint density at radius 2 is 2.26 bits per heavy atom. The van der Waals surface area contributed by atoms with Gasteiger partial charge in [-0.25, -0.2) is 10.3 Å². The maximum atomic E-state index is 6.26. The van der Waals surface area contributed by atoms with Gasteiger partial charge in [0.05, 0.1) is 30.1 Å². The summed E-state index contributed by atoms with van der Waals surface area (Å²) in [6, 6.07) is 1.44. The molecule has 0 aromatic rings. The second-order valence-electron chi connectivity index (χ2n) is 6.71. The zero-order chi connectivity index (χ0) is 15.6. The van der Waals surface area contributed by atoms with E-state index in [9.17, 15) is 0 Å². The standard InChI is InChI=1S/C14H26ClN5OS2/c15-13-2-1-12(23-13)10-5-16-14(17-10)11-7-21-4-3-20(11)6-9-8-22-19-18-9/h9-14,16-19H,1-8H2/t9?,10?,11-,12?,13?,14?/m0/s1. The van der Waals surface area contributed by atoms with Crippen LogP contribution in [0.4, 0.5) is 0 Å². The minimum absolute atomic E-state index is 0.300. The van der Waals surface area contributed by atoms with Crippen molar-refractivity contribution in [2.24, 2.45) is 0 Å². The monoisotopic (exact) mass is 379 g/mol. The van der Waals surface area contributed by atoms with Gasteiger partial charge in [-0.05, 0) is 12.8 Å². The molecule has 4 saturated heterocycles. The molecule has 0 bridgehead atoms. The number of halogens is 1. The lowest BCUT2D eigenvalue weighted by Crippen LogP contribution is -2.60. The Bertz CT molecular complexity index is 403. The summed E-state index contributed by atoms with van der Waals surface area (Å²) in [5.74, 6) is 1.12. The van der Waals surface area contributed by atoms with E-state index in [-0.39, 0.29) is 0 Å². The van der Waals surface area contributed by atoms with Crippen molar-refractivity contribution in [2.45, 2.75) is 47.1 Å². The number of hydrogen-bond donors (Lipinski definition) is 4. The minimum atomic E-state index is 0.300. The van der Waals surface area contributed by atoms with E-state index in [1.165, 1.54) is 6.42 Å². The predicted molar refractivity (Wildman–Crippen MR) is 97.7 cm³/mol. The van der Waals surface area contributed by atoms with Gasteiger partial charge in [0.25, 0.3) is 0 Å². The van der Waals surface area contributed by atoms with Crippen molar-refractivity contribution in [2.75, 3.05) is 38.6 Å². The number of thioether (sulfide) groups is 1. The Hall–Kier alpha value is 0.750. The van der Waals surface area contributed by atoms with E-state index in [0.717, 1.165) is 45.0 Å². The molecule has 132 valence electrons. The lowest BCUT2D eigenvalue weighted by atomic mass is 10.1. The molecule has 4 fully saturated rings. The smallest absolute Gasteiger partial charge is 0.0792 e. The highest BCUT2D eigenvalue weighted by molar-refractivity contribution is 8.02. The third-order valence-electron chi connectivity index (χ3n) is 5.14. The number of nitrogens with one attached hydrogen (secondary N) is 4. The molecule has 4 N–H and O–H groups in total. The van der Waals surface area contributed by atoms with Crippen LogP contribution in [-0.2, 0) is 4.74 Å². The Morgan fingerprint density at radius 3 is 3.04 bits per heavy atom. The quantitative estimate of drug-likeness (QED) is 0.407. The molecule has 0 amide bonds. The van der Waals surface area contributed by atoms with Crippen LogP contribution in [0.3, 0.4) is 0 Å². The molecule has 0 aromatic heterocycles. The summed E-state index contributed by atoms with van der Waals surface area (Å²) >= 11 is 9.95. The average molecular weight is 380 g/mol. The van der Waals surface area contributed by atoms with Crippen LogP contribution in [0.2, 0.25) is 0 Å². The summed E-state index contributed by atoms with van der Waals surface area (Å²) in [5, 5.41) is 8.16. The van der Waals surface area contributed by atoms with Crippen molar-refractivity contribution < 1.29 is 4.74 Å². The number of ether oxygens (including phenoxy) is 1. The van der Waals surface area contributed by atoms with Gasteiger partial charge in [0.1, 0.15) is 0 Å². The van der Waals surface area contributed by atoms with Crippen molar-refractivity contribution in [1.82, 2.24) is 25.8 Å². The first-order chi connectivity index (χ1) is 11.3. The molecular formula is C14H26ClN5OS2. The second-order valence-corrected chi connectivity index (χ2v) is 9.77. The first-order valence-electron chi connectivity index (χ1n) is 8.52. The zero-order valence-electron chi connectivity index (χ0n) is 13.2. The van der Waals surface area contributed by atoms with Gasteiger partial charge in [-0.3, -0.25) is 15.5 Å². The predicted octanol–water partition coefficient (Wildman–Crippen LogP) is 0.160. The lowest BCUT2D eigenvalue weighted by molar-refractivity contribution is -0.0251. The molecular weight excluding hydrogens is 354 g/mol. The van der Waals surface area contributed by atoms with Crippen LogP contribution in [0.25, 0.3) is 0 Å². The number of morpholine rings is 1. The average Bonchev–Trinajstić information content (AvgIpc) is 3.28. The topological polar surface area (TPSA) is 60.6 Å². The van der Waals surface area contributed by atoms with E-state index < -0.39 is 0 Å². The number of nitrogens with zero attached hydrogens (tertiary/aromatic N) is 1. The van der Waals surface area contributed by atoms with E-state index in [4.69, 9.17) is 16.3 Å². The molecule has 0 aliphatic carbocycles. The molecule has 4 rings (SSSR count). The van der Waals surface area contributed by atoms with Gasteiger partial charge >= 0.3 is 0 Å². The van der Waals surface area contributed by atoms with Crippen molar-refractivity contribution in [3.05, 3.63) is 0 Å². The van der Waals surface area contributed by atoms with Crippen molar-refractivity contribution in [1.29, 1.82) is 0 Å². The molecule has 4 aliphatic rings. The van der Waals surface area contributed by atoms with Crippen LogP contribution in [0, 0.1) is 0 Å². The van der Waals surface area contributed by atoms with Gasteiger partial charge < -0.3 is 4.74 Å². The Morgan fingerprint density at radius 1 is 1.30 bits per heavy atom. The SMILES string of the molecule is ClC1CCC(C2CNC([C@@H]3COCCN3CC3CSNN3)N2)S1. The first-order valence-corrected chi connectivity index (χ1v) is 10.9. The molecule has 6 atom stereocenters. The first kappa shape index (κ1) is 17.2. The highest BCUT2D eigenvalue weighted by Crippen LogP contribution is 2.38. The highest BCUT2D eigenvalue weighted by atomic mass is 35.5. The van der Waals surface area contributed by atoms with Crippen LogP contribution >= 0.6 is 35.3 Å². The van der Waals surface area contributed by atoms with E-state index in [1.54, 1.807) is 11.9 Å². The Labute approximate surface area is 151 Å². The van der Waals surface area contributed by atoms with Crippen LogP contribution < -0.4 is 20.9 Å². The molecule has 5 unspecified atom stereocenters. The van der Waals surface area contributed by atoms with E-state index in [1.807, 2.05) is 11.8 Å². The molecule has 0 saturated carbocycles. The Kier molecular flexibility index (Phi) is 5.95. The summed E-state index contributed by atoms with van der Waals surface area (Å²) in [4.78, 5) is 5.73. The maximum absolute atomic E-state index is 6.26. The van der Waals surface area contributed by atoms with Crippen LogP contribution in [0.15, 0.2) is 0 Å². The molecule has 0 aromatic carbocycles. The number of hydrazine groups is 1. The van der Waals surface area contributed by atoms with Crippen LogP contribution in [-0.4, -0.2) is 77.8 Å². The Balaban J connectivity index is 1.33. The molecule has 0 spiro atoms. The van der Waals surface area contributed by atoms with E-state index >= 15 is 0 Å². The van der Waals surface area contributed by atoms with Gasteiger partial charge in [0.15, 0.2) is 0 Å². The number of hydrogen-bond acceptors (Lipinski definition) is 8. The van der Waals surface area contributed by atoms with E-state index in [2.05, 4.69) is 25.8 Å². The summed E-state index contributed by atoms with van der Waals surface area (Å²) in [6.45, 7) is 4.77. The molecule has 23 heavy (non-hydrogen) atoms. The van der Waals surface area contributed by atoms with E-state index in [0.29, 0.717) is 34.3 Å². The van der Waals surface area contributed by atoms with Gasteiger partial charge in [0, 0.05) is 42.7 Å². The number of alkyl halides is 1. The largest absolute Gasteiger partial charge is 0.378 e. The summed E-state index contributed by atoms with van der Waals surface area (Å²) in [6.07, 6.45) is 2.68. The number of rotatable bonds is 4. The maximum Gasteiger partial charge on any atom is 0.0792 e. The highest BCUT2D eigenvalue weighted by Gasteiger charge is 2.40. The molecule has 4 aliphatic heterocycles. The fraction of sp³-hybridized carbons (Fsp3) is 1.00. The van der Waals surface area contributed by atoms with Gasteiger partial charge in [0.2, 0.25) is 0 Å². The molecule has 9 heteroatoms. The summed E-state index contributed by atoms with van der Waals surface area (Å²) < 4.78 is 6.08. The third kappa shape index (κ3) is 4.12. The molecule has 0 radical (unpaired) electrons. The normalized spacial score (nSPS) is 45.8. The van der Waals surface area contributed by atoms with Gasteiger partial charge in [-0.1, -0.05) is 11.9 Å². The minimum Gasteiger partial charge on any atom is -0.378 e. The lowest BCUT2D eigenvalue weighted by Gasteiger charge is -2.40. The summed E-state index contributed by atoms with van der Waals surface area (Å²) in [5.41, 5.74) is 3.35. The molecule has 4 heterocycles. The second kappa shape index (κ2) is 7.97. The fourth-order valence-electron chi connectivity index (χ4n) is 3.89. The van der Waals surface area contributed by atoms with Crippen molar-refractivity contribution in [3.63, 3.8) is 0 Å². The van der Waals surface area contributed by atoms with Crippen LogP contribution in [0.1, 0.15) is 12.8 Å². The van der Waals surface area contributed by atoms with Gasteiger partial charge in [-0.15, -0.1) is 23.4 Å². The summed E-state index contributed by atoms with van der Waals surface area (Å²) in [7, 11) is 0. The van der Waals surface area contributed by atoms with Crippen molar-refractivity contribution >= 4 is 35.3 Å². The van der Waals surface area contributed by atoms with Crippen LogP contribution in [0.5, 0.6) is 0 Å². The van der Waals surface area contributed by atoms with Crippen molar-refractivity contribution in [3.8, 4) is 0 Å². The van der Waals surface area contributed by atoms with Gasteiger partial charge in [-0.2, -0.15) is 0 Å². The molecule has 6 nitrogen and oxygen atoms in total. The fourth-order valence-corrected chi connectivity index (χ4v) is 6.42. The third-order valence-corrected chi connectivity index (χ3v) is 7.94.